The van der Waals surface area contributed by atoms with Gasteiger partial charge in [0.25, 0.3) is 5.91 Å². The number of hydrogen-bond donors (Lipinski definition) is 4. The van der Waals surface area contributed by atoms with Gasteiger partial charge in [-0.1, -0.05) is 18.0 Å². The highest BCUT2D eigenvalue weighted by atomic mass is 16.4. The molecular weight excluding hydrogens is 258 g/mol. The van der Waals surface area contributed by atoms with E-state index in [1.807, 2.05) is 0 Å². The molecule has 6 heteroatoms. The van der Waals surface area contributed by atoms with E-state index in [2.05, 4.69) is 10.5 Å². The predicted octanol–water partition coefficient (Wildman–Crippen LogP) is 1.49. The minimum absolute atomic E-state index is 0.0415. The quantitative estimate of drug-likeness (QED) is 0.290. The summed E-state index contributed by atoms with van der Waals surface area (Å²) in [6.45, 7) is 1.75. The lowest BCUT2D eigenvalue weighted by atomic mass is 9.95. The molecule has 0 unspecified atom stereocenters. The van der Waals surface area contributed by atoms with Gasteiger partial charge >= 0.3 is 0 Å². The minimum atomic E-state index is -0.768. The number of amides is 1. The molecule has 1 amide bonds. The molecule has 108 valence electrons. The van der Waals surface area contributed by atoms with Gasteiger partial charge in [-0.15, -0.1) is 0 Å². The Hall–Kier alpha value is -2.24. The second-order valence-corrected chi connectivity index (χ2v) is 5.23. The average Bonchev–Trinajstić information content (AvgIpc) is 2.87. The molecule has 1 fully saturated rings. The van der Waals surface area contributed by atoms with Crippen LogP contribution in [0.1, 0.15) is 41.6 Å². The molecule has 0 atom stereocenters. The Morgan fingerprint density at radius 2 is 2.05 bits per heavy atom. The third kappa shape index (κ3) is 2.54. The van der Waals surface area contributed by atoms with E-state index in [0.717, 1.165) is 12.8 Å². The molecule has 1 aliphatic carbocycles. The molecule has 1 aromatic carbocycles. The highest BCUT2D eigenvalue weighted by Gasteiger charge is 2.40. The molecule has 0 aromatic heterocycles. The van der Waals surface area contributed by atoms with E-state index in [9.17, 15) is 9.90 Å². The second-order valence-electron chi connectivity index (χ2n) is 5.23. The molecule has 0 heterocycles. The van der Waals surface area contributed by atoms with Crippen LogP contribution in [-0.2, 0) is 0 Å². The van der Waals surface area contributed by atoms with Gasteiger partial charge in [0.15, 0.2) is 5.84 Å². The lowest BCUT2D eigenvalue weighted by molar-refractivity contribution is 0.0922. The summed E-state index contributed by atoms with van der Waals surface area (Å²) in [4.78, 5) is 12.4. The summed E-state index contributed by atoms with van der Waals surface area (Å²) in [5, 5.41) is 24.2. The van der Waals surface area contributed by atoms with Crippen molar-refractivity contribution in [1.29, 1.82) is 0 Å². The Balaban J connectivity index is 2.25. The van der Waals surface area contributed by atoms with Crippen molar-refractivity contribution in [2.75, 3.05) is 0 Å². The maximum absolute atomic E-state index is 12.4. The number of amidine groups is 1. The monoisotopic (exact) mass is 277 g/mol. The van der Waals surface area contributed by atoms with Crippen LogP contribution in [0.15, 0.2) is 23.4 Å². The van der Waals surface area contributed by atoms with E-state index in [-0.39, 0.29) is 17.5 Å². The topological polar surface area (TPSA) is 108 Å². The van der Waals surface area contributed by atoms with Crippen molar-refractivity contribution in [2.45, 2.75) is 38.1 Å². The summed E-state index contributed by atoms with van der Waals surface area (Å²) >= 11 is 0. The maximum Gasteiger partial charge on any atom is 0.252 e. The summed E-state index contributed by atoms with van der Waals surface area (Å²) in [7, 11) is 0. The number of nitrogens with zero attached hydrogens (tertiary/aromatic N) is 1. The zero-order chi connectivity index (χ0) is 14.8. The van der Waals surface area contributed by atoms with Crippen LogP contribution in [0.4, 0.5) is 0 Å². The number of benzene rings is 1. The number of aromatic hydroxyl groups is 1. The van der Waals surface area contributed by atoms with E-state index in [0.29, 0.717) is 24.0 Å². The zero-order valence-electron chi connectivity index (χ0n) is 11.4. The minimum Gasteiger partial charge on any atom is -0.508 e. The number of aryl methyl sites for hydroxylation is 1. The summed E-state index contributed by atoms with van der Waals surface area (Å²) in [6, 6.07) is 4.56. The van der Waals surface area contributed by atoms with Crippen LogP contribution in [-0.4, -0.2) is 27.6 Å². The van der Waals surface area contributed by atoms with Gasteiger partial charge in [-0.05, 0) is 43.5 Å². The van der Waals surface area contributed by atoms with Gasteiger partial charge in [-0.25, -0.2) is 0 Å². The van der Waals surface area contributed by atoms with E-state index in [4.69, 9.17) is 10.9 Å². The Kier molecular flexibility index (Phi) is 3.83. The second kappa shape index (κ2) is 5.40. The summed E-state index contributed by atoms with van der Waals surface area (Å²) in [5.74, 6) is -0.123. The Bertz CT molecular complexity index is 549. The van der Waals surface area contributed by atoms with Crippen LogP contribution < -0.4 is 11.1 Å². The first-order valence-corrected chi connectivity index (χ1v) is 6.59. The molecule has 0 aliphatic heterocycles. The molecule has 0 saturated heterocycles. The molecule has 6 nitrogen and oxygen atoms in total. The highest BCUT2D eigenvalue weighted by Crippen LogP contribution is 2.30. The van der Waals surface area contributed by atoms with E-state index in [1.54, 1.807) is 13.0 Å². The van der Waals surface area contributed by atoms with Gasteiger partial charge in [0.1, 0.15) is 11.3 Å². The first-order valence-electron chi connectivity index (χ1n) is 6.59. The van der Waals surface area contributed by atoms with E-state index in [1.165, 1.54) is 12.1 Å². The smallest absolute Gasteiger partial charge is 0.252 e. The molecule has 0 radical (unpaired) electrons. The SMILES string of the molecule is Cc1cc(O)ccc1C(=O)NC1(/C(N)=N/O)CCCC1. The van der Waals surface area contributed by atoms with Crippen LogP contribution >= 0.6 is 0 Å². The maximum atomic E-state index is 12.4. The van der Waals surface area contributed by atoms with Gasteiger partial charge in [0.2, 0.25) is 0 Å². The fraction of sp³-hybridized carbons (Fsp3) is 0.429. The molecular formula is C14H19N3O3. The highest BCUT2D eigenvalue weighted by molar-refractivity contribution is 6.01. The number of nitrogens with one attached hydrogen (secondary N) is 1. The van der Waals surface area contributed by atoms with Crippen LogP contribution in [0.3, 0.4) is 0 Å². The van der Waals surface area contributed by atoms with Crippen molar-refractivity contribution in [3.05, 3.63) is 29.3 Å². The Morgan fingerprint density at radius 3 is 2.60 bits per heavy atom. The van der Waals surface area contributed by atoms with Crippen molar-refractivity contribution in [3.63, 3.8) is 0 Å². The largest absolute Gasteiger partial charge is 0.508 e. The molecule has 0 bridgehead atoms. The summed E-state index contributed by atoms with van der Waals surface area (Å²) in [6.07, 6.45) is 3.16. The molecule has 5 N–H and O–H groups in total. The molecule has 1 aromatic rings. The zero-order valence-corrected chi connectivity index (χ0v) is 11.4. The van der Waals surface area contributed by atoms with Crippen molar-refractivity contribution >= 4 is 11.7 Å². The number of hydrogen-bond acceptors (Lipinski definition) is 4. The van der Waals surface area contributed by atoms with Crippen molar-refractivity contribution in [2.24, 2.45) is 10.9 Å². The number of phenolic OH excluding ortho intramolecular Hbond substituents is 1. The Labute approximate surface area is 117 Å². The first-order chi connectivity index (χ1) is 9.48. The molecule has 0 spiro atoms. The van der Waals surface area contributed by atoms with Gasteiger partial charge in [-0.3, -0.25) is 4.79 Å². The standard InChI is InChI=1S/C14H19N3O3/c1-9-8-10(18)4-5-11(9)12(19)16-14(13(15)17-20)6-2-3-7-14/h4-5,8,18,20H,2-3,6-7H2,1H3,(H2,15,17)(H,16,19). The Morgan fingerprint density at radius 1 is 1.40 bits per heavy atom. The fourth-order valence-corrected chi connectivity index (χ4v) is 2.71. The van der Waals surface area contributed by atoms with Gasteiger partial charge < -0.3 is 21.4 Å². The van der Waals surface area contributed by atoms with Crippen molar-refractivity contribution in [3.8, 4) is 5.75 Å². The molecule has 20 heavy (non-hydrogen) atoms. The van der Waals surface area contributed by atoms with Gasteiger partial charge in [0.05, 0.1) is 0 Å². The normalized spacial score (nSPS) is 17.9. The first kappa shape index (κ1) is 14.2. The fourth-order valence-electron chi connectivity index (χ4n) is 2.71. The third-order valence-electron chi connectivity index (χ3n) is 3.86. The molecule has 1 saturated carbocycles. The van der Waals surface area contributed by atoms with Crippen LogP contribution in [0, 0.1) is 6.92 Å². The number of rotatable bonds is 3. The number of oxime groups is 1. The van der Waals surface area contributed by atoms with Crippen molar-refractivity contribution < 1.29 is 15.1 Å². The van der Waals surface area contributed by atoms with E-state index < -0.39 is 5.54 Å². The van der Waals surface area contributed by atoms with Crippen LogP contribution in [0.25, 0.3) is 0 Å². The van der Waals surface area contributed by atoms with Crippen LogP contribution in [0.2, 0.25) is 0 Å². The molecule has 1 aliphatic rings. The number of nitrogens with two attached hydrogens (primary N) is 1. The summed E-state index contributed by atoms with van der Waals surface area (Å²) < 4.78 is 0. The molecule has 2 rings (SSSR count). The third-order valence-corrected chi connectivity index (χ3v) is 3.86. The van der Waals surface area contributed by atoms with Crippen LogP contribution in [0.5, 0.6) is 5.75 Å². The average molecular weight is 277 g/mol. The number of carbonyl (C=O) groups excluding carboxylic acids is 1. The number of phenols is 1. The predicted molar refractivity (Wildman–Crippen MR) is 74.9 cm³/mol. The van der Waals surface area contributed by atoms with Gasteiger partial charge in [-0.2, -0.15) is 0 Å². The summed E-state index contributed by atoms with van der Waals surface area (Å²) in [5.41, 5.74) is 6.13. The van der Waals surface area contributed by atoms with Gasteiger partial charge in [0, 0.05) is 5.56 Å². The lowest BCUT2D eigenvalue weighted by Gasteiger charge is -2.29. The lowest BCUT2D eigenvalue weighted by Crippen LogP contribution is -2.55. The van der Waals surface area contributed by atoms with E-state index >= 15 is 0 Å². The number of carbonyl (C=O) groups is 1. The van der Waals surface area contributed by atoms with Crippen molar-refractivity contribution in [1.82, 2.24) is 5.32 Å².